The largest absolute Gasteiger partial charge is 0.481 e. The first kappa shape index (κ1) is 12.1. The maximum Gasteiger partial charge on any atom is 0.304 e. The van der Waals surface area contributed by atoms with Crippen molar-refractivity contribution in [2.24, 2.45) is 0 Å². The Labute approximate surface area is 100 Å². The summed E-state index contributed by atoms with van der Waals surface area (Å²) in [5, 5.41) is 8.95. The van der Waals surface area contributed by atoms with Gasteiger partial charge in [0.15, 0.2) is 0 Å². The van der Waals surface area contributed by atoms with Gasteiger partial charge in [-0.25, -0.2) is 4.39 Å². The van der Waals surface area contributed by atoms with Gasteiger partial charge in [-0.1, -0.05) is 18.2 Å². The Morgan fingerprint density at radius 1 is 1.53 bits per heavy atom. The molecule has 2 rings (SSSR count). The molecule has 1 atom stereocenters. The topological polar surface area (TPSA) is 37.3 Å². The molecule has 1 saturated carbocycles. The predicted molar refractivity (Wildman–Crippen MR) is 63.9 cm³/mol. The fraction of sp³-hybridized carbons (Fsp3) is 0.500. The highest BCUT2D eigenvalue weighted by Crippen LogP contribution is 2.52. The SMILES string of the molecule is Cc1ccc(C(C)F)cc1C1(CC(=O)O)CC1. The molecule has 0 spiro atoms. The number of carboxylic acid groups (broad SMARTS) is 1. The molecular weight excluding hydrogens is 219 g/mol. The van der Waals surface area contributed by atoms with E-state index in [9.17, 15) is 9.18 Å². The number of carboxylic acids is 1. The first-order valence-electron chi connectivity index (χ1n) is 5.91. The normalized spacial score (nSPS) is 18.8. The van der Waals surface area contributed by atoms with Crippen LogP contribution in [-0.4, -0.2) is 11.1 Å². The van der Waals surface area contributed by atoms with Crippen LogP contribution in [0.2, 0.25) is 0 Å². The Hall–Kier alpha value is -1.38. The molecule has 0 amide bonds. The third-order valence-electron chi connectivity index (χ3n) is 3.64. The van der Waals surface area contributed by atoms with Crippen LogP contribution in [0.15, 0.2) is 18.2 Å². The molecule has 3 heteroatoms. The third kappa shape index (κ3) is 2.33. The van der Waals surface area contributed by atoms with Gasteiger partial charge in [0.1, 0.15) is 6.17 Å². The first-order chi connectivity index (χ1) is 7.94. The Bertz CT molecular complexity index is 448. The minimum atomic E-state index is -1.00. The summed E-state index contributed by atoms with van der Waals surface area (Å²) < 4.78 is 13.3. The van der Waals surface area contributed by atoms with Crippen molar-refractivity contribution in [1.82, 2.24) is 0 Å². The van der Waals surface area contributed by atoms with Gasteiger partial charge in [-0.15, -0.1) is 0 Å². The van der Waals surface area contributed by atoms with Crippen molar-refractivity contribution in [3.8, 4) is 0 Å². The summed E-state index contributed by atoms with van der Waals surface area (Å²) in [6.07, 6.45) is 0.932. The van der Waals surface area contributed by atoms with Gasteiger partial charge in [-0.2, -0.15) is 0 Å². The van der Waals surface area contributed by atoms with Crippen LogP contribution in [0.3, 0.4) is 0 Å². The summed E-state index contributed by atoms with van der Waals surface area (Å²) in [7, 11) is 0. The van der Waals surface area contributed by atoms with Gasteiger partial charge in [0.05, 0.1) is 6.42 Å². The molecular formula is C14H17FO2. The van der Waals surface area contributed by atoms with Gasteiger partial charge >= 0.3 is 5.97 Å². The maximum absolute atomic E-state index is 13.3. The van der Waals surface area contributed by atoms with E-state index in [1.165, 1.54) is 6.92 Å². The molecule has 17 heavy (non-hydrogen) atoms. The van der Waals surface area contributed by atoms with Crippen LogP contribution in [0.5, 0.6) is 0 Å². The number of aliphatic carboxylic acids is 1. The molecule has 1 aromatic carbocycles. The summed E-state index contributed by atoms with van der Waals surface area (Å²) in [5.74, 6) is -0.777. The van der Waals surface area contributed by atoms with E-state index in [1.807, 2.05) is 19.1 Å². The highest BCUT2D eigenvalue weighted by atomic mass is 19.1. The zero-order valence-electron chi connectivity index (χ0n) is 10.2. The van der Waals surface area contributed by atoms with Crippen molar-refractivity contribution in [3.63, 3.8) is 0 Å². The number of hydrogen-bond donors (Lipinski definition) is 1. The van der Waals surface area contributed by atoms with E-state index in [2.05, 4.69) is 0 Å². The van der Waals surface area contributed by atoms with Crippen LogP contribution in [0.1, 0.15) is 49.0 Å². The van der Waals surface area contributed by atoms with E-state index in [4.69, 9.17) is 5.11 Å². The van der Waals surface area contributed by atoms with Crippen molar-refractivity contribution in [2.75, 3.05) is 0 Å². The van der Waals surface area contributed by atoms with Gasteiger partial charge in [0, 0.05) is 5.41 Å². The molecule has 92 valence electrons. The van der Waals surface area contributed by atoms with Crippen LogP contribution in [-0.2, 0) is 10.2 Å². The quantitative estimate of drug-likeness (QED) is 0.868. The number of rotatable bonds is 4. The monoisotopic (exact) mass is 236 g/mol. The van der Waals surface area contributed by atoms with Crippen LogP contribution in [0.25, 0.3) is 0 Å². The summed E-state index contributed by atoms with van der Waals surface area (Å²) in [6.45, 7) is 3.47. The van der Waals surface area contributed by atoms with Crippen LogP contribution in [0, 0.1) is 6.92 Å². The molecule has 0 heterocycles. The van der Waals surface area contributed by atoms with E-state index >= 15 is 0 Å². The Kier molecular flexibility index (Phi) is 2.94. The van der Waals surface area contributed by atoms with Gasteiger partial charge in [0.25, 0.3) is 0 Å². The van der Waals surface area contributed by atoms with Crippen LogP contribution >= 0.6 is 0 Å². The van der Waals surface area contributed by atoms with Crippen molar-refractivity contribution < 1.29 is 14.3 Å². The lowest BCUT2D eigenvalue weighted by molar-refractivity contribution is -0.137. The van der Waals surface area contributed by atoms with Crippen LogP contribution in [0.4, 0.5) is 4.39 Å². The van der Waals surface area contributed by atoms with Crippen molar-refractivity contribution >= 4 is 5.97 Å². The average Bonchev–Trinajstić information content (AvgIpc) is 2.97. The Morgan fingerprint density at radius 3 is 2.65 bits per heavy atom. The summed E-state index contributed by atoms with van der Waals surface area (Å²) >= 11 is 0. The maximum atomic E-state index is 13.3. The smallest absolute Gasteiger partial charge is 0.304 e. The number of carbonyl (C=O) groups is 1. The average molecular weight is 236 g/mol. The minimum Gasteiger partial charge on any atom is -0.481 e. The zero-order valence-corrected chi connectivity index (χ0v) is 10.2. The molecule has 0 radical (unpaired) electrons. The second-order valence-corrected chi connectivity index (χ2v) is 5.04. The second kappa shape index (κ2) is 4.13. The van der Waals surface area contributed by atoms with E-state index < -0.39 is 12.1 Å². The van der Waals surface area contributed by atoms with Crippen molar-refractivity contribution in [2.45, 2.75) is 44.7 Å². The van der Waals surface area contributed by atoms with Gasteiger partial charge < -0.3 is 5.11 Å². The van der Waals surface area contributed by atoms with E-state index in [0.29, 0.717) is 5.56 Å². The molecule has 1 aliphatic carbocycles. The Morgan fingerprint density at radius 2 is 2.18 bits per heavy atom. The highest BCUT2D eigenvalue weighted by Gasteiger charge is 2.46. The Balaban J connectivity index is 2.37. The summed E-state index contributed by atoms with van der Waals surface area (Å²) in [6, 6.07) is 5.51. The van der Waals surface area contributed by atoms with Crippen molar-refractivity contribution in [1.29, 1.82) is 0 Å². The van der Waals surface area contributed by atoms with Gasteiger partial charge in [0.2, 0.25) is 0 Å². The molecule has 0 bridgehead atoms. The number of benzene rings is 1. The van der Waals surface area contributed by atoms with Gasteiger partial charge in [-0.05, 0) is 43.4 Å². The molecule has 1 aliphatic rings. The fourth-order valence-corrected chi connectivity index (χ4v) is 2.44. The lowest BCUT2D eigenvalue weighted by Gasteiger charge is -2.18. The molecule has 0 aliphatic heterocycles. The van der Waals surface area contributed by atoms with E-state index in [-0.39, 0.29) is 11.8 Å². The van der Waals surface area contributed by atoms with Gasteiger partial charge in [-0.3, -0.25) is 4.79 Å². The predicted octanol–water partition coefficient (Wildman–Crippen LogP) is 3.53. The van der Waals surface area contributed by atoms with Crippen LogP contribution < -0.4 is 0 Å². The van der Waals surface area contributed by atoms with E-state index in [1.54, 1.807) is 6.07 Å². The summed E-state index contributed by atoms with van der Waals surface area (Å²) in [4.78, 5) is 10.9. The molecule has 2 nitrogen and oxygen atoms in total. The standard InChI is InChI=1S/C14H17FO2/c1-9-3-4-11(10(2)15)7-12(9)14(5-6-14)8-13(16)17/h3-4,7,10H,5-6,8H2,1-2H3,(H,16,17). The first-order valence-corrected chi connectivity index (χ1v) is 5.91. The third-order valence-corrected chi connectivity index (χ3v) is 3.64. The zero-order chi connectivity index (χ0) is 12.6. The lowest BCUT2D eigenvalue weighted by Crippen LogP contribution is -2.14. The molecule has 0 saturated heterocycles. The number of halogens is 1. The summed E-state index contributed by atoms with van der Waals surface area (Å²) in [5.41, 5.74) is 2.48. The molecule has 1 unspecified atom stereocenters. The molecule has 1 N–H and O–H groups in total. The molecule has 1 fully saturated rings. The number of hydrogen-bond acceptors (Lipinski definition) is 1. The van der Waals surface area contributed by atoms with Crippen molar-refractivity contribution in [3.05, 3.63) is 34.9 Å². The molecule has 0 aromatic heterocycles. The fourth-order valence-electron chi connectivity index (χ4n) is 2.44. The lowest BCUT2D eigenvalue weighted by atomic mass is 9.87. The minimum absolute atomic E-state index is 0.151. The number of alkyl halides is 1. The second-order valence-electron chi connectivity index (χ2n) is 5.04. The van der Waals surface area contributed by atoms with E-state index in [0.717, 1.165) is 24.0 Å². The number of aryl methyl sites for hydroxylation is 1. The molecule has 1 aromatic rings. The highest BCUT2D eigenvalue weighted by molar-refractivity contribution is 5.70.